The summed E-state index contributed by atoms with van der Waals surface area (Å²) in [7, 11) is 5.13. The molecular weight excluding hydrogens is 318 g/mol. The molecule has 1 heterocycles. The van der Waals surface area contributed by atoms with E-state index in [1.54, 1.807) is 30.7 Å². The number of carbonyl (C=O) groups is 2. The Balaban J connectivity index is 2.06. The zero-order chi connectivity index (χ0) is 18.6. The number of aromatic nitrogens is 2. The van der Waals surface area contributed by atoms with E-state index in [9.17, 15) is 9.59 Å². The predicted molar refractivity (Wildman–Crippen MR) is 97.9 cm³/mol. The van der Waals surface area contributed by atoms with Gasteiger partial charge in [0.25, 0.3) is 0 Å². The zero-order valence-electron chi connectivity index (χ0n) is 15.4. The van der Waals surface area contributed by atoms with Crippen molar-refractivity contribution < 1.29 is 9.59 Å². The summed E-state index contributed by atoms with van der Waals surface area (Å²) in [4.78, 5) is 27.2. The van der Waals surface area contributed by atoms with Crippen LogP contribution < -0.4 is 5.32 Å². The fourth-order valence-electron chi connectivity index (χ4n) is 2.33. The molecule has 1 aromatic carbocycles. The average molecular weight is 343 g/mol. The van der Waals surface area contributed by atoms with Crippen molar-refractivity contribution in [1.29, 1.82) is 0 Å². The van der Waals surface area contributed by atoms with Crippen LogP contribution in [-0.4, -0.2) is 65.6 Å². The summed E-state index contributed by atoms with van der Waals surface area (Å²) >= 11 is 0. The van der Waals surface area contributed by atoms with E-state index in [2.05, 4.69) is 10.4 Å². The molecule has 0 radical (unpaired) electrons. The Bertz CT molecular complexity index is 749. The van der Waals surface area contributed by atoms with Gasteiger partial charge in [0.05, 0.1) is 24.5 Å². The van der Waals surface area contributed by atoms with Gasteiger partial charge in [-0.15, -0.1) is 0 Å². The molecule has 0 aliphatic carbocycles. The molecule has 7 nitrogen and oxygen atoms in total. The Morgan fingerprint density at radius 2 is 1.72 bits per heavy atom. The summed E-state index contributed by atoms with van der Waals surface area (Å²) in [5.74, 6) is 0.372. The molecule has 2 rings (SSSR count). The van der Waals surface area contributed by atoms with Crippen LogP contribution in [0.1, 0.15) is 11.3 Å². The molecule has 0 aliphatic rings. The molecule has 0 spiro atoms. The maximum Gasteiger partial charge on any atom is 0.239 e. The van der Waals surface area contributed by atoms with Crippen LogP contribution in [0.25, 0.3) is 5.69 Å². The van der Waals surface area contributed by atoms with Gasteiger partial charge in [-0.05, 0) is 33.0 Å². The van der Waals surface area contributed by atoms with Crippen LogP contribution in [0.2, 0.25) is 0 Å². The number of benzene rings is 1. The van der Waals surface area contributed by atoms with Gasteiger partial charge >= 0.3 is 0 Å². The number of likely N-dealkylation sites (N-methyl/N-ethyl adjacent to an activating group) is 2. The van der Waals surface area contributed by atoms with Crippen LogP contribution in [0, 0.1) is 13.8 Å². The molecule has 1 aromatic heterocycles. The van der Waals surface area contributed by atoms with Crippen molar-refractivity contribution in [1.82, 2.24) is 19.6 Å². The molecule has 0 atom stereocenters. The number of nitrogens with zero attached hydrogens (tertiary/aromatic N) is 4. The molecule has 1 N–H and O–H groups in total. The van der Waals surface area contributed by atoms with Gasteiger partial charge in [0.1, 0.15) is 5.82 Å². The lowest BCUT2D eigenvalue weighted by Crippen LogP contribution is -2.38. The molecule has 0 aliphatic heterocycles. The normalized spacial score (nSPS) is 10.8. The third-order valence-electron chi connectivity index (χ3n) is 3.70. The maximum atomic E-state index is 12.3. The van der Waals surface area contributed by atoms with Crippen molar-refractivity contribution in [3.8, 4) is 5.69 Å². The van der Waals surface area contributed by atoms with Crippen molar-refractivity contribution in [2.24, 2.45) is 0 Å². The monoisotopic (exact) mass is 343 g/mol. The minimum Gasteiger partial charge on any atom is -0.348 e. The molecular formula is C18H25N5O2. The van der Waals surface area contributed by atoms with Crippen LogP contribution in [0.4, 0.5) is 5.82 Å². The highest BCUT2D eigenvalue weighted by atomic mass is 16.2. The third-order valence-corrected chi connectivity index (χ3v) is 3.70. The number of rotatable bonds is 6. The predicted octanol–water partition coefficient (Wildman–Crippen LogP) is 1.45. The van der Waals surface area contributed by atoms with Gasteiger partial charge in [0.15, 0.2) is 0 Å². The molecule has 25 heavy (non-hydrogen) atoms. The van der Waals surface area contributed by atoms with Crippen LogP contribution in [0.5, 0.6) is 0 Å². The van der Waals surface area contributed by atoms with E-state index in [0.717, 1.165) is 16.9 Å². The molecule has 0 bridgehead atoms. The molecule has 0 fully saturated rings. The fraction of sp³-hybridized carbons (Fsp3) is 0.389. The Morgan fingerprint density at radius 3 is 2.32 bits per heavy atom. The second kappa shape index (κ2) is 7.94. The highest BCUT2D eigenvalue weighted by Crippen LogP contribution is 2.17. The number of hydrogen-bond acceptors (Lipinski definition) is 4. The smallest absolute Gasteiger partial charge is 0.239 e. The summed E-state index contributed by atoms with van der Waals surface area (Å²) in [6, 6.07) is 9.73. The molecule has 7 heteroatoms. The first kappa shape index (κ1) is 18.7. The highest BCUT2D eigenvalue weighted by Gasteiger charge is 2.15. The van der Waals surface area contributed by atoms with E-state index >= 15 is 0 Å². The topological polar surface area (TPSA) is 70.5 Å². The largest absolute Gasteiger partial charge is 0.348 e. The molecule has 134 valence electrons. The Hall–Kier alpha value is -2.67. The first-order valence-corrected chi connectivity index (χ1v) is 8.08. The van der Waals surface area contributed by atoms with Crippen molar-refractivity contribution in [2.45, 2.75) is 13.8 Å². The molecule has 0 saturated heterocycles. The standard InChI is InChI=1S/C18H25N5O2/c1-13-6-8-15(9-7-13)23-16(10-14(2)20-23)19-17(24)11-22(5)12-18(25)21(3)4/h6-10H,11-12H2,1-5H3,(H,19,24). The summed E-state index contributed by atoms with van der Waals surface area (Å²) < 4.78 is 1.71. The van der Waals surface area contributed by atoms with Gasteiger partial charge < -0.3 is 10.2 Å². The van der Waals surface area contributed by atoms with E-state index in [-0.39, 0.29) is 24.9 Å². The van der Waals surface area contributed by atoms with Gasteiger partial charge in [0, 0.05) is 20.2 Å². The number of aryl methyl sites for hydroxylation is 2. The van der Waals surface area contributed by atoms with Gasteiger partial charge in [-0.1, -0.05) is 17.7 Å². The summed E-state index contributed by atoms with van der Waals surface area (Å²) in [5, 5.41) is 7.31. The maximum absolute atomic E-state index is 12.3. The van der Waals surface area contributed by atoms with E-state index in [1.165, 1.54) is 4.90 Å². The van der Waals surface area contributed by atoms with Crippen molar-refractivity contribution in [2.75, 3.05) is 39.5 Å². The van der Waals surface area contributed by atoms with Gasteiger partial charge in [0.2, 0.25) is 11.8 Å². The van der Waals surface area contributed by atoms with Gasteiger partial charge in [-0.25, -0.2) is 4.68 Å². The summed E-state index contributed by atoms with van der Waals surface area (Å²) in [6.07, 6.45) is 0. The Kier molecular flexibility index (Phi) is 5.93. The van der Waals surface area contributed by atoms with E-state index in [4.69, 9.17) is 0 Å². The van der Waals surface area contributed by atoms with Crippen molar-refractivity contribution >= 4 is 17.6 Å². The quantitative estimate of drug-likeness (QED) is 0.862. The lowest BCUT2D eigenvalue weighted by molar-refractivity contribution is -0.130. The van der Waals surface area contributed by atoms with E-state index in [0.29, 0.717) is 5.82 Å². The Morgan fingerprint density at radius 1 is 1.08 bits per heavy atom. The molecule has 2 aromatic rings. The average Bonchev–Trinajstić information content (AvgIpc) is 2.87. The second-order valence-corrected chi connectivity index (χ2v) is 6.43. The summed E-state index contributed by atoms with van der Waals surface area (Å²) in [5.41, 5.74) is 2.85. The minimum absolute atomic E-state index is 0.0455. The molecule has 0 saturated carbocycles. The Labute approximate surface area is 148 Å². The van der Waals surface area contributed by atoms with Crippen LogP contribution in [0.3, 0.4) is 0 Å². The van der Waals surface area contributed by atoms with Gasteiger partial charge in [-0.2, -0.15) is 5.10 Å². The highest BCUT2D eigenvalue weighted by molar-refractivity contribution is 5.92. The molecule has 0 unspecified atom stereocenters. The minimum atomic E-state index is -0.192. The van der Waals surface area contributed by atoms with E-state index in [1.807, 2.05) is 44.2 Å². The number of anilines is 1. The van der Waals surface area contributed by atoms with Crippen molar-refractivity contribution in [3.63, 3.8) is 0 Å². The van der Waals surface area contributed by atoms with Gasteiger partial charge in [-0.3, -0.25) is 14.5 Å². The van der Waals surface area contributed by atoms with Crippen LogP contribution >= 0.6 is 0 Å². The lowest BCUT2D eigenvalue weighted by Gasteiger charge is -2.18. The SMILES string of the molecule is Cc1ccc(-n2nc(C)cc2NC(=O)CN(C)CC(=O)N(C)C)cc1. The van der Waals surface area contributed by atoms with E-state index < -0.39 is 0 Å². The lowest BCUT2D eigenvalue weighted by atomic mass is 10.2. The number of amides is 2. The van der Waals surface area contributed by atoms with Crippen molar-refractivity contribution in [3.05, 3.63) is 41.6 Å². The zero-order valence-corrected chi connectivity index (χ0v) is 15.4. The summed E-state index contributed by atoms with van der Waals surface area (Å²) in [6.45, 7) is 4.21. The first-order chi connectivity index (χ1) is 11.8. The number of nitrogens with one attached hydrogen (secondary N) is 1. The number of carbonyl (C=O) groups excluding carboxylic acids is 2. The van der Waals surface area contributed by atoms with Crippen LogP contribution in [-0.2, 0) is 9.59 Å². The molecule has 2 amide bonds. The third kappa shape index (κ3) is 5.15. The van der Waals surface area contributed by atoms with Crippen LogP contribution in [0.15, 0.2) is 30.3 Å². The first-order valence-electron chi connectivity index (χ1n) is 8.08. The number of hydrogen-bond donors (Lipinski definition) is 1. The second-order valence-electron chi connectivity index (χ2n) is 6.43. The fourth-order valence-corrected chi connectivity index (χ4v) is 2.33.